The first-order chi connectivity index (χ1) is 8.72. The number of ketones is 1. The molecule has 1 aromatic carbocycles. The van der Waals surface area contributed by atoms with E-state index in [1.165, 1.54) is 6.42 Å². The topological polar surface area (TPSA) is 35.5 Å². The van der Waals surface area contributed by atoms with Crippen LogP contribution in [0.15, 0.2) is 18.2 Å². The highest BCUT2D eigenvalue weighted by molar-refractivity contribution is 5.98. The number of carbonyl (C=O) groups is 1. The van der Waals surface area contributed by atoms with Crippen molar-refractivity contribution < 1.29 is 14.3 Å². The zero-order valence-corrected chi connectivity index (χ0v) is 10.8. The Morgan fingerprint density at radius 3 is 2.33 bits per heavy atom. The van der Waals surface area contributed by atoms with Crippen molar-refractivity contribution in [1.29, 1.82) is 0 Å². The summed E-state index contributed by atoms with van der Waals surface area (Å²) in [6, 6.07) is 5.44. The molecule has 2 aliphatic carbocycles. The number of carbonyl (C=O) groups excluding carboxylic acids is 1. The molecule has 96 valence electrons. The number of Topliss-reactive ketones (excluding diaryl/α,β-unsaturated/α-hetero) is 1. The second kappa shape index (κ2) is 4.30. The van der Waals surface area contributed by atoms with Gasteiger partial charge in [-0.1, -0.05) is 0 Å². The summed E-state index contributed by atoms with van der Waals surface area (Å²) < 4.78 is 10.4. The third-order valence-electron chi connectivity index (χ3n) is 4.28. The van der Waals surface area contributed by atoms with Gasteiger partial charge in [0, 0.05) is 11.5 Å². The van der Waals surface area contributed by atoms with Gasteiger partial charge in [0.15, 0.2) is 17.3 Å². The third kappa shape index (κ3) is 1.88. The molecule has 3 heteroatoms. The van der Waals surface area contributed by atoms with E-state index in [0.29, 0.717) is 11.5 Å². The second-order valence-electron chi connectivity index (χ2n) is 5.36. The fourth-order valence-electron chi connectivity index (χ4n) is 3.15. The van der Waals surface area contributed by atoms with E-state index < -0.39 is 0 Å². The van der Waals surface area contributed by atoms with Crippen LogP contribution < -0.4 is 9.47 Å². The number of fused-ring (bicyclic) bond motifs is 1. The number of rotatable bonds is 4. The second-order valence-corrected chi connectivity index (χ2v) is 5.36. The number of hydrogen-bond acceptors (Lipinski definition) is 3. The van der Waals surface area contributed by atoms with E-state index in [0.717, 1.165) is 30.2 Å². The molecule has 2 unspecified atom stereocenters. The predicted molar refractivity (Wildman–Crippen MR) is 68.2 cm³/mol. The summed E-state index contributed by atoms with van der Waals surface area (Å²) in [7, 11) is 3.20. The van der Waals surface area contributed by atoms with E-state index >= 15 is 0 Å². The Labute approximate surface area is 107 Å². The van der Waals surface area contributed by atoms with Crippen molar-refractivity contribution >= 4 is 5.78 Å². The van der Waals surface area contributed by atoms with Gasteiger partial charge in [-0.05, 0) is 49.3 Å². The highest BCUT2D eigenvalue weighted by Crippen LogP contribution is 2.55. The molecule has 0 N–H and O–H groups in total. The molecule has 1 aromatic rings. The molecule has 0 saturated heterocycles. The first kappa shape index (κ1) is 11.6. The molecule has 3 rings (SSSR count). The Morgan fingerprint density at radius 2 is 1.72 bits per heavy atom. The van der Waals surface area contributed by atoms with E-state index in [2.05, 4.69) is 0 Å². The van der Waals surface area contributed by atoms with E-state index in [-0.39, 0.29) is 11.7 Å². The zero-order valence-electron chi connectivity index (χ0n) is 10.8. The number of benzene rings is 1. The molecule has 0 aromatic heterocycles. The van der Waals surface area contributed by atoms with E-state index in [1.807, 2.05) is 12.1 Å². The van der Waals surface area contributed by atoms with Crippen LogP contribution in [-0.2, 0) is 0 Å². The Bertz CT molecular complexity index is 471. The van der Waals surface area contributed by atoms with Gasteiger partial charge in [0.05, 0.1) is 14.2 Å². The minimum atomic E-state index is 0.229. The largest absolute Gasteiger partial charge is 0.493 e. The van der Waals surface area contributed by atoms with Crippen LogP contribution in [-0.4, -0.2) is 20.0 Å². The number of ether oxygens (including phenoxy) is 2. The summed E-state index contributed by atoms with van der Waals surface area (Å²) in [6.07, 6.45) is 3.51. The quantitative estimate of drug-likeness (QED) is 0.766. The number of hydrogen-bond donors (Lipinski definition) is 0. The van der Waals surface area contributed by atoms with E-state index in [9.17, 15) is 4.79 Å². The van der Waals surface area contributed by atoms with Crippen molar-refractivity contribution in [3.8, 4) is 11.5 Å². The van der Waals surface area contributed by atoms with Crippen LogP contribution in [0.25, 0.3) is 0 Å². The van der Waals surface area contributed by atoms with Crippen LogP contribution in [0.5, 0.6) is 11.5 Å². The molecule has 2 saturated carbocycles. The van der Waals surface area contributed by atoms with E-state index in [4.69, 9.17) is 9.47 Å². The first-order valence-corrected chi connectivity index (χ1v) is 6.49. The van der Waals surface area contributed by atoms with Crippen molar-refractivity contribution in [2.75, 3.05) is 14.2 Å². The summed E-state index contributed by atoms with van der Waals surface area (Å²) in [4.78, 5) is 12.4. The molecule has 0 bridgehead atoms. The van der Waals surface area contributed by atoms with Crippen LogP contribution >= 0.6 is 0 Å². The third-order valence-corrected chi connectivity index (χ3v) is 4.28. The molecular weight excluding hydrogens is 228 g/mol. The van der Waals surface area contributed by atoms with Crippen LogP contribution in [0.4, 0.5) is 0 Å². The molecule has 2 atom stereocenters. The SMILES string of the molecule is COc1ccc(C(=O)C2CC3CC3C2)cc1OC. The molecule has 0 radical (unpaired) electrons. The lowest BCUT2D eigenvalue weighted by atomic mass is 9.93. The minimum absolute atomic E-state index is 0.229. The summed E-state index contributed by atoms with van der Waals surface area (Å²) in [5, 5.41) is 0. The van der Waals surface area contributed by atoms with Crippen LogP contribution in [0.2, 0.25) is 0 Å². The molecule has 0 spiro atoms. The molecule has 0 heterocycles. The van der Waals surface area contributed by atoms with E-state index in [1.54, 1.807) is 20.3 Å². The van der Waals surface area contributed by atoms with Crippen molar-refractivity contribution in [1.82, 2.24) is 0 Å². The summed E-state index contributed by atoms with van der Waals surface area (Å²) in [5.41, 5.74) is 0.749. The monoisotopic (exact) mass is 246 g/mol. The lowest BCUT2D eigenvalue weighted by molar-refractivity contribution is 0.0914. The maximum Gasteiger partial charge on any atom is 0.166 e. The molecule has 3 nitrogen and oxygen atoms in total. The average molecular weight is 246 g/mol. The summed E-state index contributed by atoms with van der Waals surface area (Å²) in [5.74, 6) is 3.46. The van der Waals surface area contributed by atoms with Gasteiger partial charge >= 0.3 is 0 Å². The maximum atomic E-state index is 12.4. The van der Waals surface area contributed by atoms with Gasteiger partial charge < -0.3 is 9.47 Å². The average Bonchev–Trinajstić information content (AvgIpc) is 3.03. The Hall–Kier alpha value is -1.51. The molecular formula is C15H18O3. The van der Waals surface area contributed by atoms with Gasteiger partial charge in [-0.2, -0.15) is 0 Å². The maximum absolute atomic E-state index is 12.4. The van der Waals surface area contributed by atoms with Crippen LogP contribution in [0.3, 0.4) is 0 Å². The Kier molecular flexibility index (Phi) is 2.77. The normalized spacial score (nSPS) is 28.7. The van der Waals surface area contributed by atoms with Crippen molar-refractivity contribution in [3.63, 3.8) is 0 Å². The lowest BCUT2D eigenvalue weighted by Crippen LogP contribution is -2.13. The van der Waals surface area contributed by atoms with Crippen molar-refractivity contribution in [2.45, 2.75) is 19.3 Å². The zero-order chi connectivity index (χ0) is 12.7. The molecule has 2 fully saturated rings. The highest BCUT2D eigenvalue weighted by Gasteiger charge is 2.48. The molecule has 0 amide bonds. The van der Waals surface area contributed by atoms with Gasteiger partial charge in [-0.25, -0.2) is 0 Å². The lowest BCUT2D eigenvalue weighted by Gasteiger charge is -2.13. The minimum Gasteiger partial charge on any atom is -0.493 e. The smallest absolute Gasteiger partial charge is 0.166 e. The summed E-state index contributed by atoms with van der Waals surface area (Å²) >= 11 is 0. The number of methoxy groups -OCH3 is 2. The first-order valence-electron chi connectivity index (χ1n) is 6.49. The Balaban J connectivity index is 1.80. The molecule has 18 heavy (non-hydrogen) atoms. The van der Waals surface area contributed by atoms with Gasteiger partial charge in [0.1, 0.15) is 0 Å². The van der Waals surface area contributed by atoms with Gasteiger partial charge in [0.2, 0.25) is 0 Å². The fourth-order valence-corrected chi connectivity index (χ4v) is 3.15. The van der Waals surface area contributed by atoms with Gasteiger partial charge in [0.25, 0.3) is 0 Å². The Morgan fingerprint density at radius 1 is 1.06 bits per heavy atom. The van der Waals surface area contributed by atoms with Gasteiger partial charge in [-0.3, -0.25) is 4.79 Å². The standard InChI is InChI=1S/C15H18O3/c1-17-13-4-3-9(8-14(13)18-2)15(16)12-6-10-5-11(10)7-12/h3-4,8,10-12H,5-7H2,1-2H3. The van der Waals surface area contributed by atoms with Gasteiger partial charge in [-0.15, -0.1) is 0 Å². The highest BCUT2D eigenvalue weighted by atomic mass is 16.5. The fraction of sp³-hybridized carbons (Fsp3) is 0.533. The van der Waals surface area contributed by atoms with Crippen LogP contribution in [0.1, 0.15) is 29.6 Å². The van der Waals surface area contributed by atoms with Crippen LogP contribution in [0, 0.1) is 17.8 Å². The summed E-state index contributed by atoms with van der Waals surface area (Å²) in [6.45, 7) is 0. The predicted octanol–water partition coefficient (Wildman–Crippen LogP) is 2.93. The molecule has 0 aliphatic heterocycles. The van der Waals surface area contributed by atoms with Crippen molar-refractivity contribution in [2.24, 2.45) is 17.8 Å². The van der Waals surface area contributed by atoms with Crippen molar-refractivity contribution in [3.05, 3.63) is 23.8 Å². The molecule has 2 aliphatic rings.